The van der Waals surface area contributed by atoms with E-state index in [9.17, 15) is 16.8 Å². The van der Waals surface area contributed by atoms with E-state index in [-0.39, 0.29) is 16.4 Å². The van der Waals surface area contributed by atoms with E-state index in [4.69, 9.17) is 0 Å². The zero-order valence-electron chi connectivity index (χ0n) is 11.4. The van der Waals surface area contributed by atoms with Crippen LogP contribution in [-0.4, -0.2) is 40.9 Å². The molecule has 0 aliphatic carbocycles. The van der Waals surface area contributed by atoms with Crippen LogP contribution in [-0.2, 0) is 26.4 Å². The van der Waals surface area contributed by atoms with Crippen LogP contribution < -0.4 is 10.0 Å². The molecule has 0 bridgehead atoms. The standard InChI is InChI=1S/C11H17BrN2O4S3/c1-2-13-6-9-5-10(11(12)19-9)21(17,18)14-8-3-4-20(15,16)7-8/h5,8,13-14H,2-4,6-7H2,1H3. The molecule has 1 fully saturated rings. The molecular formula is C11H17BrN2O4S3. The summed E-state index contributed by atoms with van der Waals surface area (Å²) >= 11 is 4.63. The predicted octanol–water partition coefficient (Wildman–Crippen LogP) is 1.09. The molecule has 0 spiro atoms. The molecule has 0 amide bonds. The number of halogens is 1. The van der Waals surface area contributed by atoms with Gasteiger partial charge in [0.05, 0.1) is 15.3 Å². The molecule has 1 aliphatic heterocycles. The first-order valence-electron chi connectivity index (χ1n) is 6.45. The summed E-state index contributed by atoms with van der Waals surface area (Å²) in [5.41, 5.74) is 0. The van der Waals surface area contributed by atoms with Crippen LogP contribution in [0.1, 0.15) is 18.2 Å². The second kappa shape index (κ2) is 6.63. The van der Waals surface area contributed by atoms with Crippen LogP contribution in [0.25, 0.3) is 0 Å². The van der Waals surface area contributed by atoms with E-state index in [0.29, 0.717) is 16.8 Å². The van der Waals surface area contributed by atoms with Crippen LogP contribution in [0.4, 0.5) is 0 Å². The fourth-order valence-corrected chi connectivity index (χ4v) is 7.79. The zero-order chi connectivity index (χ0) is 15.7. The van der Waals surface area contributed by atoms with Gasteiger partial charge in [-0.3, -0.25) is 0 Å². The SMILES string of the molecule is CCNCc1cc(S(=O)(=O)NC2CCS(=O)(=O)C2)c(Br)s1. The Morgan fingerprint density at radius 2 is 2.19 bits per heavy atom. The Hall–Kier alpha value is -0.000000000000000194. The summed E-state index contributed by atoms with van der Waals surface area (Å²) in [4.78, 5) is 1.08. The first-order chi connectivity index (χ1) is 9.73. The molecule has 1 saturated heterocycles. The van der Waals surface area contributed by atoms with E-state index in [1.165, 1.54) is 11.3 Å². The van der Waals surface area contributed by atoms with Crippen molar-refractivity contribution in [3.05, 3.63) is 14.7 Å². The van der Waals surface area contributed by atoms with Crippen molar-refractivity contribution in [3.63, 3.8) is 0 Å². The summed E-state index contributed by atoms with van der Waals surface area (Å²) in [7, 11) is -6.82. The molecule has 0 radical (unpaired) electrons. The predicted molar refractivity (Wildman–Crippen MR) is 86.8 cm³/mol. The van der Waals surface area contributed by atoms with Gasteiger partial charge in [0.15, 0.2) is 9.84 Å². The van der Waals surface area contributed by atoms with Gasteiger partial charge in [0.2, 0.25) is 10.0 Å². The molecule has 1 aliphatic rings. The third-order valence-corrected chi connectivity index (χ3v) is 8.64. The normalized spacial score (nSPS) is 21.7. The van der Waals surface area contributed by atoms with Gasteiger partial charge in [-0.25, -0.2) is 21.6 Å². The van der Waals surface area contributed by atoms with Crippen molar-refractivity contribution >= 4 is 47.1 Å². The molecule has 21 heavy (non-hydrogen) atoms. The third-order valence-electron chi connectivity index (χ3n) is 3.10. The largest absolute Gasteiger partial charge is 0.312 e. The zero-order valence-corrected chi connectivity index (χ0v) is 15.5. The fraction of sp³-hybridized carbons (Fsp3) is 0.636. The lowest BCUT2D eigenvalue weighted by Crippen LogP contribution is -2.35. The van der Waals surface area contributed by atoms with Crippen molar-refractivity contribution in [1.29, 1.82) is 0 Å². The smallest absolute Gasteiger partial charge is 0.242 e. The molecule has 0 saturated carbocycles. The van der Waals surface area contributed by atoms with Crippen LogP contribution in [0.3, 0.4) is 0 Å². The highest BCUT2D eigenvalue weighted by atomic mass is 79.9. The maximum absolute atomic E-state index is 12.4. The van der Waals surface area contributed by atoms with E-state index >= 15 is 0 Å². The molecule has 0 aromatic carbocycles. The number of hydrogen-bond acceptors (Lipinski definition) is 6. The first kappa shape index (κ1) is 17.4. The highest BCUT2D eigenvalue weighted by Gasteiger charge is 2.32. The molecule has 1 aromatic heterocycles. The lowest BCUT2D eigenvalue weighted by atomic mass is 10.3. The summed E-state index contributed by atoms with van der Waals surface area (Å²) in [5.74, 6) is -0.0884. The summed E-state index contributed by atoms with van der Waals surface area (Å²) < 4.78 is 50.5. The van der Waals surface area contributed by atoms with Gasteiger partial charge in [0.25, 0.3) is 0 Å². The summed E-state index contributed by atoms with van der Waals surface area (Å²) in [6.45, 7) is 3.38. The second-order valence-electron chi connectivity index (χ2n) is 4.85. The molecule has 120 valence electrons. The molecule has 2 rings (SSSR count). The first-order valence-corrected chi connectivity index (χ1v) is 11.4. The number of sulfone groups is 1. The van der Waals surface area contributed by atoms with Gasteiger partial charge in [-0.15, -0.1) is 11.3 Å². The van der Waals surface area contributed by atoms with Crippen molar-refractivity contribution in [3.8, 4) is 0 Å². The highest BCUT2D eigenvalue weighted by Crippen LogP contribution is 2.32. The molecule has 2 heterocycles. The van der Waals surface area contributed by atoms with Crippen LogP contribution in [0.2, 0.25) is 0 Å². The third kappa shape index (κ3) is 4.49. The Kier molecular flexibility index (Phi) is 5.48. The number of nitrogens with one attached hydrogen (secondary N) is 2. The maximum Gasteiger partial charge on any atom is 0.242 e. The minimum atomic E-state index is -3.71. The summed E-state index contributed by atoms with van der Waals surface area (Å²) in [6.07, 6.45) is 0.327. The van der Waals surface area contributed by atoms with Crippen molar-refractivity contribution in [2.45, 2.75) is 30.8 Å². The minimum Gasteiger partial charge on any atom is -0.312 e. The van der Waals surface area contributed by atoms with E-state index in [1.54, 1.807) is 6.07 Å². The average molecular weight is 417 g/mol. The Morgan fingerprint density at radius 1 is 1.48 bits per heavy atom. The van der Waals surface area contributed by atoms with E-state index in [2.05, 4.69) is 26.0 Å². The van der Waals surface area contributed by atoms with Gasteiger partial charge < -0.3 is 5.32 Å². The van der Waals surface area contributed by atoms with Crippen LogP contribution >= 0.6 is 27.3 Å². The lowest BCUT2D eigenvalue weighted by molar-refractivity contribution is 0.562. The monoisotopic (exact) mass is 416 g/mol. The van der Waals surface area contributed by atoms with Crippen molar-refractivity contribution in [2.75, 3.05) is 18.1 Å². The van der Waals surface area contributed by atoms with Gasteiger partial charge in [0.1, 0.15) is 4.90 Å². The van der Waals surface area contributed by atoms with Gasteiger partial charge in [-0.1, -0.05) is 6.92 Å². The van der Waals surface area contributed by atoms with Crippen molar-refractivity contribution in [1.82, 2.24) is 10.0 Å². The lowest BCUT2D eigenvalue weighted by Gasteiger charge is -2.10. The Bertz CT molecular complexity index is 712. The summed E-state index contributed by atoms with van der Waals surface area (Å²) in [6, 6.07) is 1.08. The van der Waals surface area contributed by atoms with Gasteiger partial charge in [0, 0.05) is 17.5 Å². The molecule has 1 atom stereocenters. The molecule has 2 N–H and O–H groups in total. The quantitative estimate of drug-likeness (QED) is 0.723. The van der Waals surface area contributed by atoms with Crippen LogP contribution in [0, 0.1) is 0 Å². The van der Waals surface area contributed by atoms with E-state index in [0.717, 1.165) is 11.4 Å². The highest BCUT2D eigenvalue weighted by molar-refractivity contribution is 9.11. The minimum absolute atomic E-state index is 0.0384. The fourth-order valence-electron chi connectivity index (χ4n) is 2.09. The van der Waals surface area contributed by atoms with E-state index < -0.39 is 25.9 Å². The molecular weight excluding hydrogens is 400 g/mol. The topological polar surface area (TPSA) is 92.3 Å². The molecule has 10 heteroatoms. The number of hydrogen-bond donors (Lipinski definition) is 2. The van der Waals surface area contributed by atoms with Crippen LogP contribution in [0.15, 0.2) is 14.7 Å². The Balaban J connectivity index is 2.14. The number of rotatable bonds is 6. The number of thiophene rings is 1. The Morgan fingerprint density at radius 3 is 2.76 bits per heavy atom. The van der Waals surface area contributed by atoms with E-state index in [1.807, 2.05) is 6.92 Å². The van der Waals surface area contributed by atoms with Gasteiger partial charge in [-0.2, -0.15) is 0 Å². The molecule has 6 nitrogen and oxygen atoms in total. The van der Waals surface area contributed by atoms with Gasteiger partial charge >= 0.3 is 0 Å². The average Bonchev–Trinajstić information content (AvgIpc) is 2.89. The molecule has 1 unspecified atom stereocenters. The van der Waals surface area contributed by atoms with Crippen LogP contribution in [0.5, 0.6) is 0 Å². The van der Waals surface area contributed by atoms with Crippen molar-refractivity contribution < 1.29 is 16.8 Å². The number of sulfonamides is 1. The maximum atomic E-state index is 12.4. The summed E-state index contributed by atoms with van der Waals surface area (Å²) in [5, 5.41) is 3.14. The second-order valence-corrected chi connectivity index (χ2v) is 11.2. The van der Waals surface area contributed by atoms with Crippen molar-refractivity contribution in [2.24, 2.45) is 0 Å². The Labute approximate surface area is 137 Å². The molecule has 1 aromatic rings. The van der Waals surface area contributed by atoms with Gasteiger partial charge in [-0.05, 0) is 35.0 Å².